The predicted octanol–water partition coefficient (Wildman–Crippen LogP) is 9.06. The molecule has 8 aromatic carbocycles. The van der Waals surface area contributed by atoms with Gasteiger partial charge in [0.2, 0.25) is 0 Å². The van der Waals surface area contributed by atoms with Crippen LogP contribution in [-0.2, 0) is 6.61 Å². The zero-order valence-corrected chi connectivity index (χ0v) is 31.0. The summed E-state index contributed by atoms with van der Waals surface area (Å²) in [6.45, 7) is 0.526. The van der Waals surface area contributed by atoms with E-state index < -0.39 is 8.07 Å². The highest BCUT2D eigenvalue weighted by atomic mass is 28.3. The fourth-order valence-corrected chi connectivity index (χ4v) is 13.8. The summed E-state index contributed by atoms with van der Waals surface area (Å²) >= 11 is 0. The van der Waals surface area contributed by atoms with E-state index in [1.165, 1.54) is 48.1 Å². The first-order valence-corrected chi connectivity index (χ1v) is 20.8. The van der Waals surface area contributed by atoms with E-state index in [2.05, 4.69) is 209 Å². The zero-order valence-electron chi connectivity index (χ0n) is 30.0. The molecule has 1 aliphatic rings. The average Bonchev–Trinajstić information content (AvgIpc) is 3.81. The first kappa shape index (κ1) is 31.6. The third kappa shape index (κ3) is 4.87. The molecule has 0 saturated heterocycles. The van der Waals surface area contributed by atoms with Crippen molar-refractivity contribution in [2.75, 3.05) is 0 Å². The molecule has 5 heteroatoms. The monoisotopic (exact) mass is 721 g/mol. The Balaban J connectivity index is 1.15. The third-order valence-electron chi connectivity index (χ3n) is 11.4. The van der Waals surface area contributed by atoms with E-state index in [-0.39, 0.29) is 0 Å². The second-order valence-corrected chi connectivity index (χ2v) is 18.1. The lowest BCUT2D eigenvalue weighted by Crippen LogP contribution is -2.74. The van der Waals surface area contributed by atoms with Crippen molar-refractivity contribution in [2.24, 2.45) is 0 Å². The second kappa shape index (κ2) is 12.6. The number of para-hydroxylation sites is 3. The lowest BCUT2D eigenvalue weighted by Gasteiger charge is -2.35. The van der Waals surface area contributed by atoms with Gasteiger partial charge in [-0.25, -0.2) is 0 Å². The number of aromatic nitrogens is 3. The van der Waals surface area contributed by atoms with Gasteiger partial charge >= 0.3 is 6.01 Å². The standard InChI is InChI=1S/C50H35N3OSi/c1-3-18-39(19-4-1)55(40-20-5-2-6-21-40,42-23-14-17-38(33-42)52-47-27-11-8-24-43(47)44-25-9-12-28-48(44)52)41-22-13-16-35(31-41)36-29-30-45-49(32-36)53-46-26-10-7-15-37(46)34-54-50(53)51-45/h1-33H,34H2. The lowest BCUT2D eigenvalue weighted by atomic mass is 10.0. The van der Waals surface area contributed by atoms with Crippen LogP contribution in [0.1, 0.15) is 5.56 Å². The molecule has 0 saturated carbocycles. The topological polar surface area (TPSA) is 32.0 Å². The Labute approximate surface area is 320 Å². The number of nitrogens with zero attached hydrogens (tertiary/aromatic N) is 3. The van der Waals surface area contributed by atoms with Gasteiger partial charge in [0.05, 0.1) is 27.8 Å². The molecule has 0 amide bonds. The number of ether oxygens (including phenoxy) is 1. The molecule has 260 valence electrons. The van der Waals surface area contributed by atoms with E-state index in [4.69, 9.17) is 9.72 Å². The molecule has 0 aliphatic carbocycles. The van der Waals surface area contributed by atoms with Crippen molar-refractivity contribution in [3.63, 3.8) is 0 Å². The van der Waals surface area contributed by atoms with Crippen molar-refractivity contribution in [3.8, 4) is 28.5 Å². The highest BCUT2D eigenvalue weighted by Crippen LogP contribution is 2.35. The summed E-state index contributed by atoms with van der Waals surface area (Å²) in [4.78, 5) is 4.88. The van der Waals surface area contributed by atoms with Crippen LogP contribution < -0.4 is 25.5 Å². The van der Waals surface area contributed by atoms with Crippen molar-refractivity contribution < 1.29 is 4.74 Å². The van der Waals surface area contributed by atoms with Gasteiger partial charge in [-0.05, 0) is 74.3 Å². The van der Waals surface area contributed by atoms with Crippen molar-refractivity contribution in [2.45, 2.75) is 6.61 Å². The quantitative estimate of drug-likeness (QED) is 0.127. The van der Waals surface area contributed by atoms with Crippen LogP contribution in [-0.4, -0.2) is 22.2 Å². The molecule has 0 fully saturated rings. The van der Waals surface area contributed by atoms with Crippen molar-refractivity contribution in [3.05, 3.63) is 206 Å². The number of hydrogen-bond acceptors (Lipinski definition) is 2. The molecule has 0 unspecified atom stereocenters. The molecule has 3 heterocycles. The summed E-state index contributed by atoms with van der Waals surface area (Å²) in [5.41, 5.74) is 10.1. The molecule has 0 atom stereocenters. The van der Waals surface area contributed by atoms with Crippen LogP contribution >= 0.6 is 0 Å². The third-order valence-corrected chi connectivity index (χ3v) is 16.1. The van der Waals surface area contributed by atoms with Gasteiger partial charge in [0.25, 0.3) is 0 Å². The van der Waals surface area contributed by atoms with Crippen LogP contribution in [0.2, 0.25) is 0 Å². The molecule has 2 aromatic heterocycles. The maximum atomic E-state index is 6.13. The fraction of sp³-hybridized carbons (Fsp3) is 0.0200. The predicted molar refractivity (Wildman–Crippen MR) is 229 cm³/mol. The first-order chi connectivity index (χ1) is 27.3. The van der Waals surface area contributed by atoms with Crippen LogP contribution in [0.15, 0.2) is 200 Å². The van der Waals surface area contributed by atoms with Crippen molar-refractivity contribution >= 4 is 61.7 Å². The van der Waals surface area contributed by atoms with Crippen LogP contribution in [0, 0.1) is 0 Å². The summed E-state index contributed by atoms with van der Waals surface area (Å²) in [7, 11) is -2.91. The highest BCUT2D eigenvalue weighted by Gasteiger charge is 2.42. The molecule has 4 nitrogen and oxygen atoms in total. The van der Waals surface area contributed by atoms with Gasteiger partial charge in [-0.15, -0.1) is 0 Å². The number of hydrogen-bond donors (Lipinski definition) is 0. The van der Waals surface area contributed by atoms with Crippen LogP contribution in [0.5, 0.6) is 6.01 Å². The largest absolute Gasteiger partial charge is 0.459 e. The molecular formula is C50H35N3OSi. The maximum absolute atomic E-state index is 6.13. The fourth-order valence-electron chi connectivity index (χ4n) is 8.94. The Bertz CT molecular complexity index is 2960. The minimum absolute atomic E-state index is 0.526. The minimum atomic E-state index is -2.91. The summed E-state index contributed by atoms with van der Waals surface area (Å²) < 4.78 is 10.7. The van der Waals surface area contributed by atoms with Gasteiger partial charge < -0.3 is 9.30 Å². The molecule has 1 aliphatic heterocycles. The van der Waals surface area contributed by atoms with Gasteiger partial charge in [0.1, 0.15) is 6.61 Å². The molecule has 0 bridgehead atoms. The highest BCUT2D eigenvalue weighted by molar-refractivity contribution is 7.20. The number of rotatable bonds is 6. The molecule has 0 N–H and O–H groups in total. The summed E-state index contributed by atoms with van der Waals surface area (Å²) in [6, 6.07) is 74.2. The van der Waals surface area contributed by atoms with Crippen LogP contribution in [0.4, 0.5) is 0 Å². The second-order valence-electron chi connectivity index (χ2n) is 14.3. The Kier molecular flexibility index (Phi) is 7.22. The van der Waals surface area contributed by atoms with Crippen LogP contribution in [0.25, 0.3) is 55.3 Å². The van der Waals surface area contributed by atoms with Crippen molar-refractivity contribution in [1.29, 1.82) is 0 Å². The van der Waals surface area contributed by atoms with E-state index >= 15 is 0 Å². The number of imidazole rings is 1. The first-order valence-electron chi connectivity index (χ1n) is 18.8. The van der Waals surface area contributed by atoms with Crippen molar-refractivity contribution in [1.82, 2.24) is 14.1 Å². The van der Waals surface area contributed by atoms with Crippen LogP contribution in [0.3, 0.4) is 0 Å². The SMILES string of the molecule is c1ccc([Si](c2ccccc2)(c2cccc(-c3ccc4nc5n(c4c3)-c3ccccc3CO5)c2)c2cccc(-n3c4ccccc4c4ccccc43)c2)cc1. The summed E-state index contributed by atoms with van der Waals surface area (Å²) in [5, 5.41) is 7.86. The lowest BCUT2D eigenvalue weighted by molar-refractivity contribution is 0.265. The Morgan fingerprint density at radius 1 is 0.436 bits per heavy atom. The molecule has 0 spiro atoms. The average molecular weight is 722 g/mol. The maximum Gasteiger partial charge on any atom is 0.302 e. The molecule has 55 heavy (non-hydrogen) atoms. The van der Waals surface area contributed by atoms with E-state index in [1.807, 2.05) is 0 Å². The van der Waals surface area contributed by atoms with E-state index in [1.54, 1.807) is 0 Å². The Morgan fingerprint density at radius 3 is 1.75 bits per heavy atom. The normalized spacial score (nSPS) is 12.4. The number of benzene rings is 8. The summed E-state index contributed by atoms with van der Waals surface area (Å²) in [5.74, 6) is 0. The minimum Gasteiger partial charge on any atom is -0.459 e. The van der Waals surface area contributed by atoms with Gasteiger partial charge in [-0.3, -0.25) is 4.57 Å². The molecular weight excluding hydrogens is 687 g/mol. The number of fused-ring (bicyclic) bond motifs is 8. The van der Waals surface area contributed by atoms with E-state index in [9.17, 15) is 0 Å². The molecule has 10 aromatic rings. The Morgan fingerprint density at radius 2 is 1.02 bits per heavy atom. The van der Waals surface area contributed by atoms with Gasteiger partial charge in [-0.1, -0.05) is 158 Å². The van der Waals surface area contributed by atoms with Gasteiger partial charge in [0, 0.05) is 22.0 Å². The van der Waals surface area contributed by atoms with Gasteiger partial charge in [-0.2, -0.15) is 4.98 Å². The van der Waals surface area contributed by atoms with Gasteiger partial charge in [0.15, 0.2) is 8.07 Å². The summed E-state index contributed by atoms with van der Waals surface area (Å²) in [6.07, 6.45) is 0. The molecule has 0 radical (unpaired) electrons. The van der Waals surface area contributed by atoms with E-state index in [0.717, 1.165) is 33.5 Å². The molecule has 11 rings (SSSR count). The van der Waals surface area contributed by atoms with E-state index in [0.29, 0.717) is 12.6 Å². The Hall–Kier alpha value is -6.95. The smallest absolute Gasteiger partial charge is 0.302 e. The zero-order chi connectivity index (χ0) is 36.3.